The first-order chi connectivity index (χ1) is 8.96. The van der Waals surface area contributed by atoms with Crippen LogP contribution in [0.4, 0.5) is 0 Å². The van der Waals surface area contributed by atoms with Gasteiger partial charge in [0.25, 0.3) is 0 Å². The van der Waals surface area contributed by atoms with Crippen LogP contribution in [0.5, 0.6) is 0 Å². The van der Waals surface area contributed by atoms with Gasteiger partial charge in [-0.2, -0.15) is 0 Å². The number of benzene rings is 2. The maximum absolute atomic E-state index is 11.1. The van der Waals surface area contributed by atoms with E-state index in [9.17, 15) is 8.42 Å². The lowest BCUT2D eigenvalue weighted by Gasteiger charge is -2.13. The van der Waals surface area contributed by atoms with Crippen LogP contribution in [-0.4, -0.2) is 21.2 Å². The summed E-state index contributed by atoms with van der Waals surface area (Å²) in [5.74, 6) is 0.264. The standard InChI is InChI=1S/C15H19NO2S/c1-12(11-16-19(2,17)18)10-14-8-5-7-13-6-3-4-9-15(13)14/h3-9,12,16H,10-11H2,1-2H3/t12-/m1/s1. The number of rotatable bonds is 5. The molecule has 0 heterocycles. The molecule has 2 aromatic carbocycles. The van der Waals surface area contributed by atoms with Gasteiger partial charge < -0.3 is 0 Å². The second kappa shape index (κ2) is 5.72. The topological polar surface area (TPSA) is 46.2 Å². The summed E-state index contributed by atoms with van der Waals surface area (Å²) in [5, 5.41) is 2.47. The fourth-order valence-electron chi connectivity index (χ4n) is 2.21. The average molecular weight is 277 g/mol. The average Bonchev–Trinajstić information content (AvgIpc) is 2.36. The fourth-order valence-corrected chi connectivity index (χ4v) is 2.80. The van der Waals surface area contributed by atoms with Crippen molar-refractivity contribution in [2.24, 2.45) is 5.92 Å². The molecule has 0 aliphatic carbocycles. The molecule has 0 unspecified atom stereocenters. The summed E-state index contributed by atoms with van der Waals surface area (Å²) in [6.45, 7) is 2.53. The van der Waals surface area contributed by atoms with Gasteiger partial charge in [0.15, 0.2) is 0 Å². The molecule has 0 bridgehead atoms. The van der Waals surface area contributed by atoms with Crippen LogP contribution in [0.1, 0.15) is 12.5 Å². The molecule has 2 rings (SSSR count). The van der Waals surface area contributed by atoms with Gasteiger partial charge in [0.05, 0.1) is 6.26 Å². The van der Waals surface area contributed by atoms with E-state index in [1.165, 1.54) is 22.6 Å². The second-order valence-corrected chi connectivity index (χ2v) is 6.90. The van der Waals surface area contributed by atoms with E-state index < -0.39 is 10.0 Å². The van der Waals surface area contributed by atoms with Crippen LogP contribution >= 0.6 is 0 Å². The first kappa shape index (κ1) is 14.0. The molecule has 0 aromatic heterocycles. The Morgan fingerprint density at radius 3 is 2.53 bits per heavy atom. The normalized spacial score (nSPS) is 13.6. The van der Waals surface area contributed by atoms with Crippen LogP contribution < -0.4 is 4.72 Å². The van der Waals surface area contributed by atoms with Crippen LogP contribution in [0.15, 0.2) is 42.5 Å². The maximum Gasteiger partial charge on any atom is 0.208 e. The molecule has 4 heteroatoms. The zero-order valence-corrected chi connectivity index (χ0v) is 12.1. The summed E-state index contributed by atoms with van der Waals surface area (Å²) < 4.78 is 24.7. The molecule has 2 aromatic rings. The zero-order chi connectivity index (χ0) is 13.9. The van der Waals surface area contributed by atoms with Crippen molar-refractivity contribution in [3.05, 3.63) is 48.0 Å². The third kappa shape index (κ3) is 4.04. The van der Waals surface area contributed by atoms with Crippen molar-refractivity contribution in [1.82, 2.24) is 4.72 Å². The van der Waals surface area contributed by atoms with E-state index >= 15 is 0 Å². The van der Waals surface area contributed by atoms with E-state index in [2.05, 4.69) is 35.9 Å². The molecule has 19 heavy (non-hydrogen) atoms. The van der Waals surface area contributed by atoms with Gasteiger partial charge in [0, 0.05) is 6.54 Å². The maximum atomic E-state index is 11.1. The number of sulfonamides is 1. The van der Waals surface area contributed by atoms with Crippen molar-refractivity contribution in [3.63, 3.8) is 0 Å². The molecule has 0 radical (unpaired) electrons. The predicted molar refractivity (Wildman–Crippen MR) is 79.7 cm³/mol. The molecular formula is C15H19NO2S. The minimum atomic E-state index is -3.10. The number of hydrogen-bond donors (Lipinski definition) is 1. The summed E-state index contributed by atoms with van der Waals surface area (Å²) >= 11 is 0. The molecule has 1 atom stereocenters. The van der Waals surface area contributed by atoms with Gasteiger partial charge in [0.1, 0.15) is 0 Å². The first-order valence-electron chi connectivity index (χ1n) is 6.37. The monoisotopic (exact) mass is 277 g/mol. The van der Waals surface area contributed by atoms with E-state index in [0.717, 1.165) is 6.42 Å². The Kier molecular flexibility index (Phi) is 4.22. The SMILES string of the molecule is C[C@@H](CNS(C)(=O)=O)Cc1cccc2ccccc12. The lowest BCUT2D eigenvalue weighted by Crippen LogP contribution is -2.28. The smallest absolute Gasteiger partial charge is 0.208 e. The van der Waals surface area contributed by atoms with Crippen LogP contribution in [0.2, 0.25) is 0 Å². The zero-order valence-electron chi connectivity index (χ0n) is 11.3. The van der Waals surface area contributed by atoms with Gasteiger partial charge >= 0.3 is 0 Å². The Labute approximate surface area is 114 Å². The predicted octanol–water partition coefficient (Wildman–Crippen LogP) is 2.57. The first-order valence-corrected chi connectivity index (χ1v) is 8.26. The van der Waals surface area contributed by atoms with Gasteiger partial charge in [0.2, 0.25) is 10.0 Å². The summed E-state index contributed by atoms with van der Waals surface area (Å²) in [4.78, 5) is 0. The van der Waals surface area contributed by atoms with Gasteiger partial charge in [-0.05, 0) is 28.7 Å². The van der Waals surface area contributed by atoms with Gasteiger partial charge in [-0.1, -0.05) is 49.4 Å². The minimum Gasteiger partial charge on any atom is -0.215 e. The Morgan fingerprint density at radius 2 is 1.79 bits per heavy atom. The third-order valence-corrected chi connectivity index (χ3v) is 3.83. The number of nitrogens with one attached hydrogen (secondary N) is 1. The van der Waals surface area contributed by atoms with Crippen molar-refractivity contribution in [2.45, 2.75) is 13.3 Å². The molecule has 0 spiro atoms. The molecule has 0 aliphatic heterocycles. The lowest BCUT2D eigenvalue weighted by atomic mass is 9.96. The number of fused-ring (bicyclic) bond motifs is 1. The summed E-state index contributed by atoms with van der Waals surface area (Å²) in [6, 6.07) is 14.5. The Bertz CT molecular complexity index is 659. The highest BCUT2D eigenvalue weighted by Crippen LogP contribution is 2.21. The van der Waals surface area contributed by atoms with Crippen molar-refractivity contribution < 1.29 is 8.42 Å². The van der Waals surface area contributed by atoms with Crippen molar-refractivity contribution in [1.29, 1.82) is 0 Å². The summed E-state index contributed by atoms with van der Waals surface area (Å²) in [7, 11) is -3.10. The molecule has 0 aliphatic rings. The minimum absolute atomic E-state index is 0.264. The highest BCUT2D eigenvalue weighted by atomic mass is 32.2. The highest BCUT2D eigenvalue weighted by Gasteiger charge is 2.09. The Morgan fingerprint density at radius 1 is 1.11 bits per heavy atom. The quantitative estimate of drug-likeness (QED) is 0.913. The van der Waals surface area contributed by atoms with E-state index in [1.807, 2.05) is 18.2 Å². The molecule has 0 amide bonds. The van der Waals surface area contributed by atoms with Crippen LogP contribution in [0.25, 0.3) is 10.8 Å². The van der Waals surface area contributed by atoms with Crippen LogP contribution in [-0.2, 0) is 16.4 Å². The summed E-state index contributed by atoms with van der Waals surface area (Å²) in [5.41, 5.74) is 1.26. The van der Waals surface area contributed by atoms with Crippen molar-refractivity contribution in [2.75, 3.05) is 12.8 Å². The molecule has 102 valence electrons. The molecule has 1 N–H and O–H groups in total. The van der Waals surface area contributed by atoms with E-state index in [0.29, 0.717) is 6.54 Å². The molecule has 0 saturated heterocycles. The van der Waals surface area contributed by atoms with Crippen LogP contribution in [0, 0.1) is 5.92 Å². The van der Waals surface area contributed by atoms with Crippen molar-refractivity contribution in [3.8, 4) is 0 Å². The highest BCUT2D eigenvalue weighted by molar-refractivity contribution is 7.88. The van der Waals surface area contributed by atoms with Crippen LogP contribution in [0.3, 0.4) is 0 Å². The molecule has 3 nitrogen and oxygen atoms in total. The Balaban J connectivity index is 2.13. The second-order valence-electron chi connectivity index (χ2n) is 5.07. The molecule has 0 fully saturated rings. The summed E-state index contributed by atoms with van der Waals surface area (Å²) in [6.07, 6.45) is 2.06. The van der Waals surface area contributed by atoms with Gasteiger partial charge in [-0.25, -0.2) is 13.1 Å². The molecular weight excluding hydrogens is 258 g/mol. The van der Waals surface area contributed by atoms with Gasteiger partial charge in [-0.15, -0.1) is 0 Å². The van der Waals surface area contributed by atoms with E-state index in [4.69, 9.17) is 0 Å². The van der Waals surface area contributed by atoms with E-state index in [-0.39, 0.29) is 5.92 Å². The molecule has 0 saturated carbocycles. The van der Waals surface area contributed by atoms with E-state index in [1.54, 1.807) is 0 Å². The largest absolute Gasteiger partial charge is 0.215 e. The van der Waals surface area contributed by atoms with Gasteiger partial charge in [-0.3, -0.25) is 0 Å². The number of hydrogen-bond acceptors (Lipinski definition) is 2. The Hall–Kier alpha value is -1.39. The third-order valence-electron chi connectivity index (χ3n) is 3.14. The fraction of sp³-hybridized carbons (Fsp3) is 0.333. The lowest BCUT2D eigenvalue weighted by molar-refractivity contribution is 0.541. The van der Waals surface area contributed by atoms with Crippen molar-refractivity contribution >= 4 is 20.8 Å².